The largest absolute Gasteiger partial charge is 0.495 e. The Morgan fingerprint density at radius 3 is 2.61 bits per heavy atom. The number of hydrogen-bond acceptors (Lipinski definition) is 6. The number of benzene rings is 2. The quantitative estimate of drug-likeness (QED) is 0.597. The van der Waals surface area contributed by atoms with Gasteiger partial charge in [-0.1, -0.05) is 41.1 Å². The van der Waals surface area contributed by atoms with Crippen LogP contribution in [0.1, 0.15) is 12.8 Å². The lowest BCUT2D eigenvalue weighted by Gasteiger charge is -2.31. The molecule has 9 heteroatoms. The van der Waals surface area contributed by atoms with Gasteiger partial charge in [-0.05, 0) is 37.1 Å². The SMILES string of the molecule is COc1ccccc1S(=O)(=O)N1CCC(Oc2nc3c(Cl)cccc3s2)CC1. The predicted octanol–water partition coefficient (Wildman–Crippen LogP) is 4.19. The van der Waals surface area contributed by atoms with Gasteiger partial charge < -0.3 is 9.47 Å². The van der Waals surface area contributed by atoms with E-state index in [2.05, 4.69) is 4.98 Å². The molecule has 1 aliphatic heterocycles. The molecule has 6 nitrogen and oxygen atoms in total. The molecular formula is C19H19ClN2O4S2. The van der Waals surface area contributed by atoms with E-state index in [0.717, 1.165) is 10.2 Å². The van der Waals surface area contributed by atoms with Gasteiger partial charge in [0.25, 0.3) is 5.19 Å². The van der Waals surface area contributed by atoms with E-state index in [1.165, 1.54) is 22.8 Å². The highest BCUT2D eigenvalue weighted by molar-refractivity contribution is 7.89. The first-order chi connectivity index (χ1) is 13.5. The van der Waals surface area contributed by atoms with Crippen LogP contribution in [-0.2, 0) is 10.0 Å². The number of piperidine rings is 1. The number of nitrogens with zero attached hydrogens (tertiary/aromatic N) is 2. The van der Waals surface area contributed by atoms with Gasteiger partial charge in [-0.3, -0.25) is 0 Å². The molecule has 1 aliphatic rings. The number of thiazole rings is 1. The molecule has 0 aliphatic carbocycles. The molecule has 0 bridgehead atoms. The summed E-state index contributed by atoms with van der Waals surface area (Å²) in [4.78, 5) is 4.65. The Kier molecular flexibility index (Phi) is 5.46. The molecule has 2 aromatic carbocycles. The van der Waals surface area contributed by atoms with E-state index in [1.807, 2.05) is 12.1 Å². The zero-order chi connectivity index (χ0) is 19.7. The van der Waals surface area contributed by atoms with Crippen LogP contribution in [0.4, 0.5) is 0 Å². The standard InChI is InChI=1S/C19H19ClN2O4S2/c1-25-15-6-2-3-8-17(15)28(23,24)22-11-9-13(10-12-22)26-19-21-18-14(20)5-4-7-16(18)27-19/h2-8,13H,9-12H2,1H3. The van der Waals surface area contributed by atoms with Gasteiger partial charge in [-0.2, -0.15) is 4.31 Å². The average molecular weight is 439 g/mol. The molecule has 3 aromatic rings. The van der Waals surface area contributed by atoms with Crippen LogP contribution in [0.25, 0.3) is 10.2 Å². The average Bonchev–Trinajstić information content (AvgIpc) is 3.12. The molecule has 0 saturated carbocycles. The van der Waals surface area contributed by atoms with E-state index in [9.17, 15) is 8.42 Å². The molecule has 28 heavy (non-hydrogen) atoms. The summed E-state index contributed by atoms with van der Waals surface area (Å²) < 4.78 is 39.6. The highest BCUT2D eigenvalue weighted by atomic mass is 35.5. The number of halogens is 1. The van der Waals surface area contributed by atoms with Crippen molar-refractivity contribution in [1.82, 2.24) is 9.29 Å². The predicted molar refractivity (Wildman–Crippen MR) is 110 cm³/mol. The molecule has 1 aromatic heterocycles. The summed E-state index contributed by atoms with van der Waals surface area (Å²) in [5.41, 5.74) is 0.736. The van der Waals surface area contributed by atoms with Crippen LogP contribution in [0.5, 0.6) is 10.9 Å². The Morgan fingerprint density at radius 2 is 1.89 bits per heavy atom. The zero-order valence-electron chi connectivity index (χ0n) is 15.2. The van der Waals surface area contributed by atoms with Crippen molar-refractivity contribution in [3.05, 3.63) is 47.5 Å². The molecule has 0 unspecified atom stereocenters. The van der Waals surface area contributed by atoms with Crippen LogP contribution in [0, 0.1) is 0 Å². The van der Waals surface area contributed by atoms with Gasteiger partial charge >= 0.3 is 0 Å². The van der Waals surface area contributed by atoms with E-state index < -0.39 is 10.0 Å². The van der Waals surface area contributed by atoms with Crippen molar-refractivity contribution in [3.8, 4) is 10.9 Å². The summed E-state index contributed by atoms with van der Waals surface area (Å²) in [5.74, 6) is 0.354. The van der Waals surface area contributed by atoms with Crippen molar-refractivity contribution in [2.24, 2.45) is 0 Å². The van der Waals surface area contributed by atoms with Crippen molar-refractivity contribution in [3.63, 3.8) is 0 Å². The molecule has 0 radical (unpaired) electrons. The second kappa shape index (κ2) is 7.87. The van der Waals surface area contributed by atoms with Crippen LogP contribution in [0.2, 0.25) is 5.02 Å². The van der Waals surface area contributed by atoms with Crippen molar-refractivity contribution in [2.75, 3.05) is 20.2 Å². The Labute approximate surface area is 172 Å². The molecule has 0 atom stereocenters. The summed E-state index contributed by atoms with van der Waals surface area (Å²) in [6, 6.07) is 12.3. The molecule has 4 rings (SSSR count). The first-order valence-electron chi connectivity index (χ1n) is 8.84. The van der Waals surface area contributed by atoms with Crippen molar-refractivity contribution >= 4 is 43.2 Å². The Morgan fingerprint density at radius 1 is 1.14 bits per heavy atom. The van der Waals surface area contributed by atoms with E-state index >= 15 is 0 Å². The maximum Gasteiger partial charge on any atom is 0.274 e. The van der Waals surface area contributed by atoms with Crippen molar-refractivity contribution < 1.29 is 17.9 Å². The second-order valence-electron chi connectivity index (χ2n) is 6.44. The molecule has 2 heterocycles. The third-order valence-corrected chi connectivity index (χ3v) is 7.86. The topological polar surface area (TPSA) is 68.7 Å². The van der Waals surface area contributed by atoms with Gasteiger partial charge in [0.05, 0.1) is 16.8 Å². The first kappa shape index (κ1) is 19.4. The van der Waals surface area contributed by atoms with E-state index in [0.29, 0.717) is 41.9 Å². The summed E-state index contributed by atoms with van der Waals surface area (Å²) in [7, 11) is -2.13. The van der Waals surface area contributed by atoms with E-state index in [4.69, 9.17) is 21.1 Å². The first-order valence-corrected chi connectivity index (χ1v) is 11.5. The molecular weight excluding hydrogens is 420 g/mol. The molecule has 1 fully saturated rings. The number of fused-ring (bicyclic) bond motifs is 1. The van der Waals surface area contributed by atoms with Crippen LogP contribution < -0.4 is 9.47 Å². The summed E-state index contributed by atoms with van der Waals surface area (Å²) in [5, 5.41) is 1.16. The van der Waals surface area contributed by atoms with Crippen molar-refractivity contribution in [2.45, 2.75) is 23.8 Å². The third-order valence-electron chi connectivity index (χ3n) is 4.71. The molecule has 1 saturated heterocycles. The third kappa shape index (κ3) is 3.69. The second-order valence-corrected chi connectivity index (χ2v) is 9.75. The monoisotopic (exact) mass is 438 g/mol. The molecule has 148 valence electrons. The minimum atomic E-state index is -3.60. The normalized spacial score (nSPS) is 16.4. The van der Waals surface area contributed by atoms with Gasteiger partial charge in [0.15, 0.2) is 0 Å². The molecule has 0 spiro atoms. The fraction of sp³-hybridized carbons (Fsp3) is 0.316. The maximum absolute atomic E-state index is 13.0. The fourth-order valence-corrected chi connectivity index (χ4v) is 6.06. The van der Waals surface area contributed by atoms with Gasteiger partial charge in [-0.25, -0.2) is 13.4 Å². The number of methoxy groups -OCH3 is 1. The fourth-order valence-electron chi connectivity index (χ4n) is 3.25. The van der Waals surface area contributed by atoms with Gasteiger partial charge in [0.1, 0.15) is 22.3 Å². The lowest BCUT2D eigenvalue weighted by atomic mass is 10.1. The van der Waals surface area contributed by atoms with E-state index in [-0.39, 0.29) is 11.0 Å². The molecule has 0 N–H and O–H groups in total. The smallest absolute Gasteiger partial charge is 0.274 e. The lowest BCUT2D eigenvalue weighted by molar-refractivity contribution is 0.135. The van der Waals surface area contributed by atoms with Crippen LogP contribution >= 0.6 is 22.9 Å². The van der Waals surface area contributed by atoms with Gasteiger partial charge in [0.2, 0.25) is 10.0 Å². The minimum absolute atomic E-state index is 0.0801. The summed E-state index contributed by atoms with van der Waals surface area (Å²) in [6.45, 7) is 0.771. The Hall–Kier alpha value is -1.87. The number of hydrogen-bond donors (Lipinski definition) is 0. The lowest BCUT2D eigenvalue weighted by Crippen LogP contribution is -2.41. The number of rotatable bonds is 5. The van der Waals surface area contributed by atoms with Crippen LogP contribution in [0.3, 0.4) is 0 Å². The van der Waals surface area contributed by atoms with Crippen LogP contribution in [-0.4, -0.2) is 44.0 Å². The number of sulfonamides is 1. The minimum Gasteiger partial charge on any atom is -0.495 e. The maximum atomic E-state index is 13.0. The van der Waals surface area contributed by atoms with Crippen LogP contribution in [0.15, 0.2) is 47.4 Å². The zero-order valence-corrected chi connectivity index (χ0v) is 17.6. The highest BCUT2D eigenvalue weighted by Crippen LogP contribution is 2.34. The summed E-state index contributed by atoms with van der Waals surface area (Å²) in [6.07, 6.45) is 1.11. The Balaban J connectivity index is 1.44. The number of para-hydroxylation sites is 2. The number of ether oxygens (including phenoxy) is 2. The van der Waals surface area contributed by atoms with E-state index in [1.54, 1.807) is 30.3 Å². The van der Waals surface area contributed by atoms with Gasteiger partial charge in [-0.15, -0.1) is 0 Å². The number of aromatic nitrogens is 1. The van der Waals surface area contributed by atoms with Crippen molar-refractivity contribution in [1.29, 1.82) is 0 Å². The Bertz CT molecular complexity index is 1090. The molecule has 0 amide bonds. The summed E-state index contributed by atoms with van der Waals surface area (Å²) >= 11 is 7.62. The highest BCUT2D eigenvalue weighted by Gasteiger charge is 2.32. The van der Waals surface area contributed by atoms with Gasteiger partial charge in [0, 0.05) is 13.1 Å².